The molecule has 8 bridgehead atoms. The summed E-state index contributed by atoms with van der Waals surface area (Å²) in [5, 5.41) is 27.4. The van der Waals surface area contributed by atoms with Gasteiger partial charge in [-0.1, -0.05) is 151 Å². The van der Waals surface area contributed by atoms with E-state index in [0.717, 1.165) is 69.5 Å². The maximum Gasteiger partial charge on any atom is 0.310 e. The van der Waals surface area contributed by atoms with Gasteiger partial charge in [-0.25, -0.2) is 0 Å². The van der Waals surface area contributed by atoms with Crippen LogP contribution in [-0.4, -0.2) is 46.7 Å². The standard InChI is InChI=1S/C66H64N2O8/c1-65(2,3)53-33-43-31-47(63(53)71)37-67-55-17-11-12-18-56(55)68-38-48-32-44(34-54(64(48)72)66(4,5)6)36-60(70)74-40-42-21-27-50(28-22-42)76-58-30-24-46-14-8-10-16-52(46)62(58)61-51-15-9-7-13-45(51)23-29-57(61)75-49-25-19-41(20-26-49)39-73-59(69)35-43/h7-10,13-16,19-34,37-38,55-56,71-72H,11-12,17-18,35-36,39-40H2,1-6H3/t55-,56-/m1/s1. The molecule has 0 amide bonds. The van der Waals surface area contributed by atoms with Crippen molar-refractivity contribution in [2.24, 2.45) is 9.98 Å². The van der Waals surface area contributed by atoms with E-state index in [1.165, 1.54) is 0 Å². The van der Waals surface area contributed by atoms with Crippen molar-refractivity contribution in [1.29, 1.82) is 0 Å². The maximum absolute atomic E-state index is 13.6. The molecule has 2 N–H and O–H groups in total. The Bertz CT molecular complexity index is 3290. The molecule has 8 aromatic rings. The summed E-state index contributed by atoms with van der Waals surface area (Å²) in [6.07, 6.45) is 6.94. The van der Waals surface area contributed by atoms with E-state index in [4.69, 9.17) is 28.9 Å². The van der Waals surface area contributed by atoms with E-state index < -0.39 is 22.8 Å². The Labute approximate surface area is 444 Å². The van der Waals surface area contributed by atoms with Gasteiger partial charge >= 0.3 is 11.9 Å². The molecule has 3 heterocycles. The normalized spacial score (nSPS) is 16.9. The van der Waals surface area contributed by atoms with Gasteiger partial charge in [0.25, 0.3) is 0 Å². The van der Waals surface area contributed by atoms with Gasteiger partial charge in [0.1, 0.15) is 47.7 Å². The highest BCUT2D eigenvalue weighted by atomic mass is 16.5. The van der Waals surface area contributed by atoms with Crippen molar-refractivity contribution in [3.05, 3.63) is 190 Å². The van der Waals surface area contributed by atoms with Crippen molar-refractivity contribution in [2.45, 2.75) is 116 Å². The Morgan fingerprint density at radius 3 is 1.26 bits per heavy atom. The smallest absolute Gasteiger partial charge is 0.310 e. The van der Waals surface area contributed by atoms with Crippen molar-refractivity contribution in [3.63, 3.8) is 0 Å². The summed E-state index contributed by atoms with van der Waals surface area (Å²) in [5.41, 5.74) is 6.26. The van der Waals surface area contributed by atoms with E-state index in [1.807, 2.05) is 139 Å². The van der Waals surface area contributed by atoms with Crippen LogP contribution in [0.3, 0.4) is 0 Å². The number of rotatable bonds is 0. The van der Waals surface area contributed by atoms with Gasteiger partial charge in [0.2, 0.25) is 0 Å². The summed E-state index contributed by atoms with van der Waals surface area (Å²) in [4.78, 5) is 37.2. The number of ether oxygens (including phenoxy) is 4. The monoisotopic (exact) mass is 1010 g/mol. The zero-order valence-corrected chi connectivity index (χ0v) is 44.1. The second-order valence-corrected chi connectivity index (χ2v) is 22.1. The highest BCUT2D eigenvalue weighted by molar-refractivity contribution is 6.10. The minimum atomic E-state index is -0.438. The molecule has 0 saturated heterocycles. The predicted octanol–water partition coefficient (Wildman–Crippen LogP) is 15.0. The Hall–Kier alpha value is -8.24. The Morgan fingerprint density at radius 2 is 0.868 bits per heavy atom. The summed E-state index contributed by atoms with van der Waals surface area (Å²) in [6, 6.07) is 46.6. The molecule has 386 valence electrons. The number of phenolic OH excluding ortho intramolecular Hbond substituents is 2. The van der Waals surface area contributed by atoms with Gasteiger partial charge < -0.3 is 29.2 Å². The quantitative estimate of drug-likeness (QED) is 0.143. The molecule has 2 atom stereocenters. The third-order valence-electron chi connectivity index (χ3n) is 14.3. The summed E-state index contributed by atoms with van der Waals surface area (Å²) < 4.78 is 25.3. The minimum absolute atomic E-state index is 0.00546. The molecule has 12 rings (SSSR count). The first-order chi connectivity index (χ1) is 36.5. The fraction of sp³-hybridized carbons (Fsp3) is 0.273. The number of benzene rings is 8. The highest BCUT2D eigenvalue weighted by Crippen LogP contribution is 2.48. The van der Waals surface area contributed by atoms with Gasteiger partial charge in [-0.2, -0.15) is 0 Å². The van der Waals surface area contributed by atoms with Crippen LogP contribution in [0.1, 0.15) is 112 Å². The molecule has 1 aliphatic carbocycles. The van der Waals surface area contributed by atoms with Crippen LogP contribution in [0, 0.1) is 0 Å². The van der Waals surface area contributed by atoms with E-state index in [9.17, 15) is 19.8 Å². The van der Waals surface area contributed by atoms with E-state index in [1.54, 1.807) is 24.6 Å². The maximum atomic E-state index is 13.6. The van der Waals surface area contributed by atoms with Crippen molar-refractivity contribution >= 4 is 45.9 Å². The topological polar surface area (TPSA) is 136 Å². The third kappa shape index (κ3) is 11.5. The molecule has 0 unspecified atom stereocenters. The van der Waals surface area contributed by atoms with E-state index >= 15 is 0 Å². The van der Waals surface area contributed by atoms with Crippen LogP contribution in [0.15, 0.2) is 156 Å². The number of esters is 2. The molecule has 1 saturated carbocycles. The predicted molar refractivity (Wildman–Crippen MR) is 302 cm³/mol. The average molecular weight is 1010 g/mol. The van der Waals surface area contributed by atoms with Crippen LogP contribution in [-0.2, 0) is 55.9 Å². The molecule has 4 aliphatic rings. The van der Waals surface area contributed by atoms with Crippen molar-refractivity contribution in [2.75, 3.05) is 0 Å². The molecule has 3 aliphatic heterocycles. The number of nitrogens with zero attached hydrogens (tertiary/aromatic N) is 2. The van der Waals surface area contributed by atoms with Crippen molar-refractivity contribution < 1.29 is 38.7 Å². The summed E-state index contributed by atoms with van der Waals surface area (Å²) >= 11 is 0. The molecule has 10 nitrogen and oxygen atoms in total. The largest absolute Gasteiger partial charge is 0.507 e. The van der Waals surface area contributed by atoms with E-state index in [2.05, 4.69) is 36.4 Å². The third-order valence-corrected chi connectivity index (χ3v) is 14.3. The van der Waals surface area contributed by atoms with Gasteiger partial charge in [0, 0.05) is 45.8 Å². The van der Waals surface area contributed by atoms with Crippen molar-refractivity contribution in [3.8, 4) is 45.6 Å². The minimum Gasteiger partial charge on any atom is -0.507 e. The Morgan fingerprint density at radius 1 is 0.474 bits per heavy atom. The second-order valence-electron chi connectivity index (χ2n) is 22.1. The molecule has 0 spiro atoms. The van der Waals surface area contributed by atoms with E-state index in [-0.39, 0.29) is 49.6 Å². The zero-order chi connectivity index (χ0) is 53.1. The number of carbonyl (C=O) groups is 2. The molecule has 1 fully saturated rings. The van der Waals surface area contributed by atoms with Crippen LogP contribution in [0.4, 0.5) is 0 Å². The first-order valence-corrected chi connectivity index (χ1v) is 26.2. The van der Waals surface area contributed by atoms with Gasteiger partial charge in [-0.15, -0.1) is 0 Å². The number of aromatic hydroxyl groups is 2. The van der Waals surface area contributed by atoms with Gasteiger partial charge in [-0.3, -0.25) is 19.6 Å². The molecular formula is C66H64N2O8. The SMILES string of the molecule is CC(C)(C)c1cc2cc(c1O)C=N[C@@H]1CCCC[C@H]1N=Cc1cc(cc(C(C)(C)C)c1O)CC(=O)OCc1ccc(cc1)Oc1ccc3ccccc3c1-c1c(ccc3ccccc13)Oc1ccc(cc1)COC(=O)C2. The lowest BCUT2D eigenvalue weighted by Gasteiger charge is -2.26. The molecule has 10 heteroatoms. The number of fused-ring (bicyclic) bond motifs is 4. The number of phenols is 2. The van der Waals surface area contributed by atoms with Crippen LogP contribution in [0.2, 0.25) is 0 Å². The van der Waals surface area contributed by atoms with Crippen LogP contribution in [0.5, 0.6) is 34.5 Å². The first kappa shape index (κ1) is 51.3. The molecular weight excluding hydrogens is 949 g/mol. The van der Waals surface area contributed by atoms with Crippen LogP contribution >= 0.6 is 0 Å². The number of aliphatic imine (C=N–C) groups is 2. The fourth-order valence-corrected chi connectivity index (χ4v) is 10.3. The lowest BCUT2D eigenvalue weighted by Crippen LogP contribution is -2.27. The summed E-state index contributed by atoms with van der Waals surface area (Å²) in [5.74, 6) is 1.88. The fourth-order valence-electron chi connectivity index (χ4n) is 10.3. The highest BCUT2D eigenvalue weighted by Gasteiger charge is 2.27. The average Bonchev–Trinajstić information content (AvgIpc) is 3.40. The van der Waals surface area contributed by atoms with E-state index in [0.29, 0.717) is 56.4 Å². The van der Waals surface area contributed by atoms with Gasteiger partial charge in [0.15, 0.2) is 0 Å². The molecule has 8 aromatic carbocycles. The van der Waals surface area contributed by atoms with Crippen LogP contribution < -0.4 is 9.47 Å². The second kappa shape index (κ2) is 21.5. The number of hydrogen-bond acceptors (Lipinski definition) is 10. The lowest BCUT2D eigenvalue weighted by molar-refractivity contribution is -0.145. The van der Waals surface area contributed by atoms with Crippen LogP contribution in [0.25, 0.3) is 32.7 Å². The Balaban J connectivity index is 1.02. The molecule has 0 radical (unpaired) electrons. The molecule has 76 heavy (non-hydrogen) atoms. The first-order valence-electron chi connectivity index (χ1n) is 26.2. The summed E-state index contributed by atoms with van der Waals surface area (Å²) in [6.45, 7) is 12.3. The Kier molecular flexibility index (Phi) is 14.5. The lowest BCUT2D eigenvalue weighted by atomic mass is 9.83. The number of carbonyl (C=O) groups excluding carboxylic acids is 2. The zero-order valence-electron chi connectivity index (χ0n) is 44.1. The van der Waals surface area contributed by atoms with Crippen molar-refractivity contribution in [1.82, 2.24) is 0 Å². The van der Waals surface area contributed by atoms with Gasteiger partial charge in [-0.05, 0) is 116 Å². The van der Waals surface area contributed by atoms with Gasteiger partial charge in [0.05, 0.1) is 24.9 Å². The molecule has 0 aromatic heterocycles. The summed E-state index contributed by atoms with van der Waals surface area (Å²) in [7, 11) is 0. The number of hydrogen-bond donors (Lipinski definition) is 2.